The van der Waals surface area contributed by atoms with Gasteiger partial charge in [-0.1, -0.05) is 0 Å². The van der Waals surface area contributed by atoms with E-state index in [0.29, 0.717) is 0 Å². The van der Waals surface area contributed by atoms with E-state index in [9.17, 15) is 17.6 Å². The molecule has 0 aliphatic rings. The molecular formula is C22H18F4O2Zr. The summed E-state index contributed by atoms with van der Waals surface area (Å²) in [6, 6.07) is 25.0. The predicted molar refractivity (Wildman–Crippen MR) is 100 cm³/mol. The van der Waals surface area contributed by atoms with Gasteiger partial charge in [-0.3, -0.25) is 0 Å². The van der Waals surface area contributed by atoms with Crippen molar-refractivity contribution in [3.8, 4) is 11.5 Å². The topological polar surface area (TPSA) is 40.5 Å². The average Bonchev–Trinajstić information content (AvgIpc) is 3.41. The largest absolute Gasteiger partial charge is 2.00 e. The number of hydrogen-bond acceptors (Lipinski definition) is 2. The van der Waals surface area contributed by atoms with Gasteiger partial charge in [0, 0.05) is 12.1 Å². The first-order valence-corrected chi connectivity index (χ1v) is 8.01. The molecule has 2 N–H and O–H groups in total. The fourth-order valence-corrected chi connectivity index (χ4v) is 1.61. The first-order valence-electron chi connectivity index (χ1n) is 8.01. The SMILES string of the molecule is Oc1cc(F)ccc1F.Oc1cc(F)ccc1F.[Zr+2].c1cc[cH-]c1.c1cc[cH-]c1. The van der Waals surface area contributed by atoms with E-state index >= 15 is 0 Å². The van der Waals surface area contributed by atoms with E-state index in [2.05, 4.69) is 0 Å². The number of hydrogen-bond donors (Lipinski definition) is 2. The molecular weight excluding hydrogens is 463 g/mol. The van der Waals surface area contributed by atoms with Crippen LogP contribution in [0.3, 0.4) is 0 Å². The van der Waals surface area contributed by atoms with Crippen molar-refractivity contribution in [3.63, 3.8) is 0 Å². The van der Waals surface area contributed by atoms with Gasteiger partial charge in [-0.05, 0) is 24.3 Å². The van der Waals surface area contributed by atoms with Crippen LogP contribution >= 0.6 is 0 Å². The molecule has 0 aromatic heterocycles. The molecule has 4 aromatic rings. The van der Waals surface area contributed by atoms with Crippen LogP contribution in [0.1, 0.15) is 0 Å². The van der Waals surface area contributed by atoms with Crippen molar-refractivity contribution in [1.29, 1.82) is 0 Å². The first-order chi connectivity index (χ1) is 13.4. The van der Waals surface area contributed by atoms with Gasteiger partial charge >= 0.3 is 26.2 Å². The third kappa shape index (κ3) is 12.4. The Kier molecular flexibility index (Phi) is 13.9. The minimum Gasteiger partial charge on any atom is -0.505 e. The molecule has 0 heterocycles. The third-order valence-corrected chi connectivity index (χ3v) is 2.93. The van der Waals surface area contributed by atoms with Crippen LogP contribution in [0.25, 0.3) is 0 Å². The molecule has 0 amide bonds. The van der Waals surface area contributed by atoms with Gasteiger partial charge in [-0.15, -0.1) is 0 Å². The first kappa shape index (κ1) is 26.3. The number of rotatable bonds is 0. The van der Waals surface area contributed by atoms with E-state index < -0.39 is 34.8 Å². The second kappa shape index (κ2) is 15.3. The zero-order chi connectivity index (χ0) is 20.8. The monoisotopic (exact) mass is 480 g/mol. The quantitative estimate of drug-likeness (QED) is 0.234. The number of aromatic hydroxyl groups is 2. The maximum Gasteiger partial charge on any atom is 2.00 e. The van der Waals surface area contributed by atoms with Crippen LogP contribution < -0.4 is 0 Å². The molecule has 0 aliphatic carbocycles. The molecule has 0 bridgehead atoms. The summed E-state index contributed by atoms with van der Waals surface area (Å²) in [6.07, 6.45) is 0. The number of phenols is 2. The fourth-order valence-electron chi connectivity index (χ4n) is 1.61. The Hall–Kier alpha value is -2.66. The smallest absolute Gasteiger partial charge is 0.505 e. The summed E-state index contributed by atoms with van der Waals surface area (Å²) in [7, 11) is 0. The molecule has 0 fully saturated rings. The third-order valence-electron chi connectivity index (χ3n) is 2.93. The second-order valence-electron chi connectivity index (χ2n) is 5.12. The van der Waals surface area contributed by atoms with E-state index in [4.69, 9.17) is 10.2 Å². The molecule has 150 valence electrons. The minimum absolute atomic E-state index is 0. The standard InChI is InChI=1S/2C6H4F2O.2C5H5.Zr/c2*7-4-1-2-5(8)6(9)3-4;2*1-2-4-5-3-1;/h2*1-3,9H;2*1-5H;/q;;2*-1;+2. The van der Waals surface area contributed by atoms with Gasteiger partial charge in [0.2, 0.25) is 0 Å². The summed E-state index contributed by atoms with van der Waals surface area (Å²) >= 11 is 0. The van der Waals surface area contributed by atoms with Gasteiger partial charge in [0.05, 0.1) is 0 Å². The van der Waals surface area contributed by atoms with Crippen LogP contribution in [0.15, 0.2) is 97.1 Å². The Labute approximate surface area is 185 Å². The van der Waals surface area contributed by atoms with Crippen molar-refractivity contribution in [1.82, 2.24) is 0 Å². The van der Waals surface area contributed by atoms with Crippen LogP contribution in [0, 0.1) is 23.3 Å². The van der Waals surface area contributed by atoms with E-state index in [0.717, 1.165) is 36.4 Å². The molecule has 0 atom stereocenters. The minimum atomic E-state index is -0.809. The summed E-state index contributed by atoms with van der Waals surface area (Å²) in [5.41, 5.74) is 0. The van der Waals surface area contributed by atoms with Crippen LogP contribution in [-0.4, -0.2) is 10.2 Å². The van der Waals surface area contributed by atoms with Crippen LogP contribution in [-0.2, 0) is 26.2 Å². The van der Waals surface area contributed by atoms with E-state index in [1.54, 1.807) is 0 Å². The maximum atomic E-state index is 12.1. The zero-order valence-corrected chi connectivity index (χ0v) is 17.6. The molecule has 0 aliphatic heterocycles. The Morgan fingerprint density at radius 1 is 0.552 bits per heavy atom. The number of benzene rings is 2. The molecule has 4 rings (SSSR count). The van der Waals surface area contributed by atoms with Gasteiger partial charge in [0.25, 0.3) is 0 Å². The molecule has 4 aromatic carbocycles. The molecule has 0 saturated heterocycles. The summed E-state index contributed by atoms with van der Waals surface area (Å²) < 4.78 is 48.2. The van der Waals surface area contributed by atoms with Gasteiger partial charge in [-0.25, -0.2) is 41.8 Å². The van der Waals surface area contributed by atoms with Crippen molar-refractivity contribution >= 4 is 0 Å². The fraction of sp³-hybridized carbons (Fsp3) is 0. The van der Waals surface area contributed by atoms with E-state index in [1.807, 2.05) is 60.7 Å². The maximum absolute atomic E-state index is 12.1. The predicted octanol–water partition coefficient (Wildman–Crippen LogP) is 6.15. The van der Waals surface area contributed by atoms with Crippen LogP contribution in [0.4, 0.5) is 17.6 Å². The summed E-state index contributed by atoms with van der Waals surface area (Å²) in [5.74, 6) is -4.22. The Morgan fingerprint density at radius 2 is 0.862 bits per heavy atom. The van der Waals surface area contributed by atoms with Gasteiger partial charge in [-0.2, -0.15) is 36.4 Å². The van der Waals surface area contributed by atoms with E-state index in [-0.39, 0.29) is 26.2 Å². The molecule has 0 unspecified atom stereocenters. The van der Waals surface area contributed by atoms with Crippen molar-refractivity contribution in [2.45, 2.75) is 0 Å². The zero-order valence-electron chi connectivity index (χ0n) is 15.1. The molecule has 7 heteroatoms. The Bertz CT molecular complexity index is 785. The normalized spacial score (nSPS) is 8.69. The molecule has 0 spiro atoms. The Morgan fingerprint density at radius 3 is 1.03 bits per heavy atom. The summed E-state index contributed by atoms with van der Waals surface area (Å²) in [5, 5.41) is 17.0. The molecule has 0 saturated carbocycles. The van der Waals surface area contributed by atoms with Crippen molar-refractivity contribution in [3.05, 3.63) is 120 Å². The van der Waals surface area contributed by atoms with Crippen molar-refractivity contribution in [2.24, 2.45) is 0 Å². The van der Waals surface area contributed by atoms with E-state index in [1.165, 1.54) is 0 Å². The average molecular weight is 482 g/mol. The van der Waals surface area contributed by atoms with Crippen molar-refractivity contribution in [2.75, 3.05) is 0 Å². The number of phenolic OH excluding ortho intramolecular Hbond substituents is 2. The molecule has 29 heavy (non-hydrogen) atoms. The van der Waals surface area contributed by atoms with Crippen LogP contribution in [0.2, 0.25) is 0 Å². The van der Waals surface area contributed by atoms with Crippen LogP contribution in [0.5, 0.6) is 11.5 Å². The van der Waals surface area contributed by atoms with Gasteiger partial charge < -0.3 is 10.2 Å². The number of halogens is 4. The molecule has 2 nitrogen and oxygen atoms in total. The second-order valence-corrected chi connectivity index (χ2v) is 5.12. The Balaban J connectivity index is 0.000000369. The van der Waals surface area contributed by atoms with Crippen molar-refractivity contribution < 1.29 is 54.0 Å². The molecule has 0 radical (unpaired) electrons. The summed E-state index contributed by atoms with van der Waals surface area (Å²) in [6.45, 7) is 0. The van der Waals surface area contributed by atoms with Gasteiger partial charge in [0.15, 0.2) is 23.1 Å². The van der Waals surface area contributed by atoms with Gasteiger partial charge in [0.1, 0.15) is 11.6 Å². The summed E-state index contributed by atoms with van der Waals surface area (Å²) in [4.78, 5) is 0.